The fourth-order valence-electron chi connectivity index (χ4n) is 7.80. The van der Waals surface area contributed by atoms with Crippen molar-refractivity contribution >= 4 is 53.3 Å². The lowest BCUT2D eigenvalue weighted by Gasteiger charge is -2.13. The molecule has 2 aromatic heterocycles. The Kier molecular flexibility index (Phi) is 6.97. The molecule has 2 heteroatoms. The van der Waals surface area contributed by atoms with Gasteiger partial charge in [-0.05, 0) is 70.1 Å². The summed E-state index contributed by atoms with van der Waals surface area (Å²) < 4.78 is 5.14. The zero-order valence-electron chi connectivity index (χ0n) is 28.2. The van der Waals surface area contributed by atoms with Crippen molar-refractivity contribution in [2.24, 2.45) is 0 Å². The van der Waals surface area contributed by atoms with Crippen molar-refractivity contribution in [3.63, 3.8) is 0 Å². The van der Waals surface area contributed by atoms with Crippen molar-refractivity contribution in [2.45, 2.75) is 6.92 Å². The molecule has 0 unspecified atom stereocenters. The predicted octanol–water partition coefficient (Wildman–Crippen LogP) is 14.1. The van der Waals surface area contributed by atoms with Crippen LogP contribution >= 0.6 is 11.3 Å². The summed E-state index contributed by atoms with van der Waals surface area (Å²) in [7, 11) is 0. The molecule has 0 atom stereocenters. The van der Waals surface area contributed by atoms with Crippen LogP contribution < -0.4 is 0 Å². The number of nitrogens with zero attached hydrogens (tertiary/aromatic N) is 1. The zero-order valence-corrected chi connectivity index (χ0v) is 29.0. The van der Waals surface area contributed by atoms with Crippen molar-refractivity contribution in [1.82, 2.24) is 4.57 Å². The Labute approximate surface area is 301 Å². The van der Waals surface area contributed by atoms with Gasteiger partial charge in [-0.25, -0.2) is 0 Å². The van der Waals surface area contributed by atoms with Gasteiger partial charge >= 0.3 is 0 Å². The first-order valence-corrected chi connectivity index (χ1v) is 18.3. The minimum atomic E-state index is 1.16. The first-order valence-electron chi connectivity index (χ1n) is 17.5. The van der Waals surface area contributed by atoms with Gasteiger partial charge in [-0.2, -0.15) is 0 Å². The van der Waals surface area contributed by atoms with Gasteiger partial charge in [-0.1, -0.05) is 163 Å². The van der Waals surface area contributed by atoms with Crippen LogP contribution in [0.3, 0.4) is 0 Å². The topological polar surface area (TPSA) is 4.93 Å². The summed E-state index contributed by atoms with van der Waals surface area (Å²) in [6.07, 6.45) is 0. The van der Waals surface area contributed by atoms with E-state index in [2.05, 4.69) is 193 Å². The van der Waals surface area contributed by atoms with Crippen LogP contribution in [0.4, 0.5) is 0 Å². The van der Waals surface area contributed by atoms with Crippen LogP contribution in [0, 0.1) is 6.92 Å². The Hall–Kier alpha value is -6.22. The number of fused-ring (bicyclic) bond motifs is 7. The highest BCUT2D eigenvalue weighted by Gasteiger charge is 2.23. The SMILES string of the molecule is Cc1ccc(-c2cccc3c2sc2cc(-c4ccc(-c5ccccc5)cc4)c4c(c5ccc(-c6ccccc6)cc5n4-c4ccccc4)c23)cc1. The highest BCUT2D eigenvalue weighted by molar-refractivity contribution is 7.26. The highest BCUT2D eigenvalue weighted by Crippen LogP contribution is 2.49. The second-order valence-corrected chi connectivity index (χ2v) is 14.4. The van der Waals surface area contributed by atoms with Gasteiger partial charge < -0.3 is 4.57 Å². The Morgan fingerprint density at radius 1 is 0.412 bits per heavy atom. The number of rotatable bonds is 5. The number of benzene rings is 8. The maximum Gasteiger partial charge on any atom is 0.0626 e. The van der Waals surface area contributed by atoms with Crippen LogP contribution in [0.25, 0.3) is 92.2 Å². The first-order chi connectivity index (χ1) is 25.2. The molecule has 2 heterocycles. The summed E-state index contributed by atoms with van der Waals surface area (Å²) in [5.41, 5.74) is 14.7. The van der Waals surface area contributed by atoms with E-state index in [4.69, 9.17) is 0 Å². The number of para-hydroxylation sites is 1. The van der Waals surface area contributed by atoms with Gasteiger partial charge in [0.05, 0.1) is 11.0 Å². The van der Waals surface area contributed by atoms with E-state index in [9.17, 15) is 0 Å². The molecule has 0 aliphatic carbocycles. The Morgan fingerprint density at radius 2 is 0.980 bits per heavy atom. The van der Waals surface area contributed by atoms with E-state index >= 15 is 0 Å². The van der Waals surface area contributed by atoms with E-state index in [1.54, 1.807) is 0 Å². The summed E-state index contributed by atoms with van der Waals surface area (Å²) in [6, 6.07) is 66.7. The van der Waals surface area contributed by atoms with Crippen molar-refractivity contribution in [1.29, 1.82) is 0 Å². The second kappa shape index (κ2) is 12.0. The molecule has 10 aromatic rings. The fraction of sp³-hybridized carbons (Fsp3) is 0.0204. The van der Waals surface area contributed by atoms with Crippen molar-refractivity contribution < 1.29 is 0 Å². The minimum absolute atomic E-state index is 1.16. The molecular formula is C49H33NS. The lowest BCUT2D eigenvalue weighted by molar-refractivity contribution is 1.18. The molecule has 0 saturated carbocycles. The number of thiophene rings is 1. The molecule has 0 saturated heterocycles. The van der Waals surface area contributed by atoms with Crippen LogP contribution in [-0.2, 0) is 0 Å². The highest BCUT2D eigenvalue weighted by atomic mass is 32.1. The van der Waals surface area contributed by atoms with E-state index in [-0.39, 0.29) is 0 Å². The smallest absolute Gasteiger partial charge is 0.0626 e. The van der Waals surface area contributed by atoms with E-state index in [0.29, 0.717) is 0 Å². The molecule has 0 N–H and O–H groups in total. The summed E-state index contributed by atoms with van der Waals surface area (Å²) in [5, 5.41) is 5.21. The van der Waals surface area contributed by atoms with Gasteiger partial charge in [-0.3, -0.25) is 0 Å². The minimum Gasteiger partial charge on any atom is -0.309 e. The van der Waals surface area contributed by atoms with Gasteiger partial charge in [0.2, 0.25) is 0 Å². The second-order valence-electron chi connectivity index (χ2n) is 13.4. The quantitative estimate of drug-likeness (QED) is 0.172. The lowest BCUT2D eigenvalue weighted by Crippen LogP contribution is -1.95. The van der Waals surface area contributed by atoms with Crippen molar-refractivity contribution in [3.8, 4) is 50.2 Å². The van der Waals surface area contributed by atoms with E-state index in [1.807, 2.05) is 11.3 Å². The maximum absolute atomic E-state index is 2.50. The largest absolute Gasteiger partial charge is 0.309 e. The molecule has 8 aromatic carbocycles. The van der Waals surface area contributed by atoms with Crippen LogP contribution in [-0.4, -0.2) is 4.57 Å². The molecule has 240 valence electrons. The molecule has 1 nitrogen and oxygen atoms in total. The number of aromatic nitrogens is 1. The molecule has 0 aliphatic heterocycles. The molecule has 10 rings (SSSR count). The maximum atomic E-state index is 2.50. The van der Waals surface area contributed by atoms with Gasteiger partial charge in [0.1, 0.15) is 0 Å². The molecule has 0 radical (unpaired) electrons. The van der Waals surface area contributed by atoms with Gasteiger partial charge in [0, 0.05) is 42.2 Å². The average Bonchev–Trinajstić information content (AvgIpc) is 3.74. The molecule has 51 heavy (non-hydrogen) atoms. The summed E-state index contributed by atoms with van der Waals surface area (Å²) in [6.45, 7) is 2.15. The average molecular weight is 668 g/mol. The third kappa shape index (κ3) is 4.91. The molecule has 0 amide bonds. The Bertz CT molecular complexity index is 2860. The first kappa shape index (κ1) is 29.7. The molecule has 0 fully saturated rings. The summed E-state index contributed by atoms with van der Waals surface area (Å²) in [5.74, 6) is 0. The van der Waals surface area contributed by atoms with Crippen LogP contribution in [0.15, 0.2) is 182 Å². The van der Waals surface area contributed by atoms with Gasteiger partial charge in [0.15, 0.2) is 0 Å². The Balaban J connectivity index is 1.35. The predicted molar refractivity (Wildman–Crippen MR) is 220 cm³/mol. The molecular weight excluding hydrogens is 635 g/mol. The number of aryl methyl sites for hydroxylation is 1. The summed E-state index contributed by atoms with van der Waals surface area (Å²) in [4.78, 5) is 0. The van der Waals surface area contributed by atoms with Crippen LogP contribution in [0.2, 0.25) is 0 Å². The molecule has 0 spiro atoms. The Morgan fingerprint density at radius 3 is 1.69 bits per heavy atom. The third-order valence-corrected chi connectivity index (χ3v) is 11.5. The van der Waals surface area contributed by atoms with E-state index in [0.717, 1.165) is 5.69 Å². The van der Waals surface area contributed by atoms with Crippen LogP contribution in [0.1, 0.15) is 5.56 Å². The summed E-state index contributed by atoms with van der Waals surface area (Å²) >= 11 is 1.92. The molecule has 0 bridgehead atoms. The molecule has 0 aliphatic rings. The van der Waals surface area contributed by atoms with Gasteiger partial charge in [0.25, 0.3) is 0 Å². The van der Waals surface area contributed by atoms with Crippen LogP contribution in [0.5, 0.6) is 0 Å². The standard InChI is InChI=1S/C49H33NS/c1-32-20-22-36(23-21-32)40-18-11-19-42-46-45(51-49(40)42)31-43(37-26-24-35(25-27-37)33-12-5-2-6-13-33)48-47(46)41-29-28-38(34-14-7-3-8-15-34)30-44(41)50(48)39-16-9-4-10-17-39/h2-31H,1H3. The monoisotopic (exact) mass is 667 g/mol. The third-order valence-electron chi connectivity index (χ3n) is 10.3. The fourth-order valence-corrected chi connectivity index (χ4v) is 9.09. The normalized spacial score (nSPS) is 11.6. The van der Waals surface area contributed by atoms with E-state index in [1.165, 1.54) is 92.0 Å². The van der Waals surface area contributed by atoms with Gasteiger partial charge in [-0.15, -0.1) is 11.3 Å². The van der Waals surface area contributed by atoms with E-state index < -0.39 is 0 Å². The zero-order chi connectivity index (χ0) is 33.9. The lowest BCUT2D eigenvalue weighted by atomic mass is 9.95. The number of hydrogen-bond acceptors (Lipinski definition) is 1. The van der Waals surface area contributed by atoms with Crippen molar-refractivity contribution in [3.05, 3.63) is 188 Å². The van der Waals surface area contributed by atoms with Crippen molar-refractivity contribution in [2.75, 3.05) is 0 Å². The number of hydrogen-bond donors (Lipinski definition) is 0.